The van der Waals surface area contributed by atoms with E-state index in [2.05, 4.69) is 20.8 Å². The monoisotopic (exact) mass is 286 g/mol. The largest absolute Gasteiger partial charge is 0.326 e. The average Bonchev–Trinajstić information content (AvgIpc) is 2.20. The van der Waals surface area contributed by atoms with E-state index in [1.165, 1.54) is 6.07 Å². The van der Waals surface area contributed by atoms with Crippen molar-refractivity contribution in [1.82, 2.24) is 4.90 Å². The molecule has 0 bridgehead atoms. The quantitative estimate of drug-likeness (QED) is 0.860. The summed E-state index contributed by atoms with van der Waals surface area (Å²) in [6.45, 7) is 0.980. The van der Waals surface area contributed by atoms with Crippen molar-refractivity contribution in [2.45, 2.75) is 24.9 Å². The Morgan fingerprint density at radius 3 is 2.88 bits per heavy atom. The smallest absolute Gasteiger partial charge is 0.129 e. The van der Waals surface area contributed by atoms with E-state index in [9.17, 15) is 4.39 Å². The van der Waals surface area contributed by atoms with Crippen LogP contribution in [0.25, 0.3) is 0 Å². The molecular formula is C12H16BrFN2. The highest BCUT2D eigenvalue weighted by atomic mass is 79.9. The van der Waals surface area contributed by atoms with Crippen LogP contribution >= 0.6 is 15.9 Å². The van der Waals surface area contributed by atoms with Gasteiger partial charge in [-0.2, -0.15) is 0 Å². The number of halogens is 2. The first-order valence-electron chi connectivity index (χ1n) is 5.50. The van der Waals surface area contributed by atoms with Gasteiger partial charge in [0.15, 0.2) is 0 Å². The molecule has 0 aromatic heterocycles. The third kappa shape index (κ3) is 2.29. The first-order chi connectivity index (χ1) is 7.59. The van der Waals surface area contributed by atoms with Crippen molar-refractivity contribution in [3.63, 3.8) is 0 Å². The maximum atomic E-state index is 13.9. The number of rotatable bonds is 1. The van der Waals surface area contributed by atoms with Crippen LogP contribution in [0.5, 0.6) is 0 Å². The topological polar surface area (TPSA) is 29.3 Å². The number of piperidine rings is 1. The highest BCUT2D eigenvalue weighted by molar-refractivity contribution is 9.10. The van der Waals surface area contributed by atoms with Crippen LogP contribution in [-0.4, -0.2) is 24.5 Å². The Labute approximate surface area is 104 Å². The van der Waals surface area contributed by atoms with Crippen LogP contribution in [0.4, 0.5) is 4.39 Å². The summed E-state index contributed by atoms with van der Waals surface area (Å²) in [4.78, 5) is 2.14. The Morgan fingerprint density at radius 2 is 2.25 bits per heavy atom. The summed E-state index contributed by atoms with van der Waals surface area (Å²) in [6, 6.07) is 5.22. The minimum atomic E-state index is -0.177. The van der Waals surface area contributed by atoms with E-state index in [0.717, 1.165) is 23.9 Å². The second-order valence-electron chi connectivity index (χ2n) is 4.40. The molecule has 0 spiro atoms. The lowest BCUT2D eigenvalue weighted by atomic mass is 9.91. The van der Waals surface area contributed by atoms with Gasteiger partial charge in [-0.25, -0.2) is 4.39 Å². The average molecular weight is 287 g/mol. The van der Waals surface area contributed by atoms with Crippen molar-refractivity contribution < 1.29 is 4.39 Å². The number of likely N-dealkylation sites (tertiary alicyclic amines) is 1. The van der Waals surface area contributed by atoms with Gasteiger partial charge in [0.25, 0.3) is 0 Å². The summed E-state index contributed by atoms with van der Waals surface area (Å²) in [6.07, 6.45) is 2.05. The van der Waals surface area contributed by atoms with Gasteiger partial charge in [0.05, 0.1) is 6.04 Å². The maximum absolute atomic E-state index is 13.9. The van der Waals surface area contributed by atoms with Crippen molar-refractivity contribution in [1.29, 1.82) is 0 Å². The molecule has 2 N–H and O–H groups in total. The van der Waals surface area contributed by atoms with E-state index in [0.29, 0.717) is 5.56 Å². The third-order valence-corrected chi connectivity index (χ3v) is 3.70. The van der Waals surface area contributed by atoms with Gasteiger partial charge in [-0.3, -0.25) is 4.90 Å². The molecule has 4 heteroatoms. The van der Waals surface area contributed by atoms with Crippen molar-refractivity contribution in [3.05, 3.63) is 34.1 Å². The van der Waals surface area contributed by atoms with Crippen LogP contribution in [0.3, 0.4) is 0 Å². The van der Waals surface area contributed by atoms with E-state index in [1.54, 1.807) is 0 Å². The van der Waals surface area contributed by atoms with Gasteiger partial charge in [-0.15, -0.1) is 0 Å². The van der Waals surface area contributed by atoms with E-state index >= 15 is 0 Å². The molecule has 0 amide bonds. The van der Waals surface area contributed by atoms with Crippen LogP contribution in [0, 0.1) is 5.82 Å². The minimum absolute atomic E-state index is 0.00171. The molecule has 88 valence electrons. The van der Waals surface area contributed by atoms with Crippen molar-refractivity contribution in [2.75, 3.05) is 13.6 Å². The lowest BCUT2D eigenvalue weighted by molar-refractivity contribution is 0.159. The van der Waals surface area contributed by atoms with Gasteiger partial charge in [0.2, 0.25) is 0 Å². The molecule has 0 saturated carbocycles. The van der Waals surface area contributed by atoms with E-state index in [4.69, 9.17) is 5.73 Å². The predicted molar refractivity (Wildman–Crippen MR) is 66.7 cm³/mol. The Kier molecular flexibility index (Phi) is 3.62. The number of nitrogens with zero attached hydrogens (tertiary/aromatic N) is 1. The van der Waals surface area contributed by atoms with Gasteiger partial charge in [-0.05, 0) is 38.6 Å². The van der Waals surface area contributed by atoms with Crippen LogP contribution < -0.4 is 5.73 Å². The minimum Gasteiger partial charge on any atom is -0.326 e. The molecular weight excluding hydrogens is 271 g/mol. The second-order valence-corrected chi connectivity index (χ2v) is 5.31. The predicted octanol–water partition coefficient (Wildman–Crippen LogP) is 2.68. The third-order valence-electron chi connectivity index (χ3n) is 3.21. The van der Waals surface area contributed by atoms with Gasteiger partial charge in [-0.1, -0.05) is 22.0 Å². The highest BCUT2D eigenvalue weighted by Crippen LogP contribution is 2.31. The highest BCUT2D eigenvalue weighted by Gasteiger charge is 2.29. The number of hydrogen-bond acceptors (Lipinski definition) is 2. The number of likely N-dealkylation sites (N-methyl/N-ethyl adjacent to an activating group) is 1. The molecule has 16 heavy (non-hydrogen) atoms. The molecule has 1 aliphatic heterocycles. The molecule has 2 rings (SSSR count). The molecule has 2 atom stereocenters. The lowest BCUT2D eigenvalue weighted by Crippen LogP contribution is -2.44. The molecule has 1 saturated heterocycles. The lowest BCUT2D eigenvalue weighted by Gasteiger charge is -2.37. The van der Waals surface area contributed by atoms with Gasteiger partial charge < -0.3 is 5.73 Å². The van der Waals surface area contributed by atoms with Crippen LogP contribution in [0.2, 0.25) is 0 Å². The molecule has 1 aromatic carbocycles. The zero-order chi connectivity index (χ0) is 11.7. The Bertz CT molecular complexity index is 373. The molecule has 0 aliphatic carbocycles. The van der Waals surface area contributed by atoms with Crippen LogP contribution in [-0.2, 0) is 0 Å². The molecule has 1 fully saturated rings. The Morgan fingerprint density at radius 1 is 1.50 bits per heavy atom. The zero-order valence-corrected chi connectivity index (χ0v) is 10.9. The van der Waals surface area contributed by atoms with E-state index < -0.39 is 0 Å². The molecule has 1 heterocycles. The van der Waals surface area contributed by atoms with Crippen LogP contribution in [0.1, 0.15) is 24.4 Å². The zero-order valence-electron chi connectivity index (χ0n) is 9.29. The Balaban J connectivity index is 2.34. The molecule has 2 nitrogen and oxygen atoms in total. The van der Waals surface area contributed by atoms with E-state index in [-0.39, 0.29) is 17.9 Å². The summed E-state index contributed by atoms with van der Waals surface area (Å²) in [5, 5.41) is 0. The summed E-state index contributed by atoms with van der Waals surface area (Å²) in [5.41, 5.74) is 6.79. The number of hydrogen-bond donors (Lipinski definition) is 1. The summed E-state index contributed by atoms with van der Waals surface area (Å²) in [5.74, 6) is -0.177. The summed E-state index contributed by atoms with van der Waals surface area (Å²) < 4.78 is 14.6. The van der Waals surface area contributed by atoms with Gasteiger partial charge in [0.1, 0.15) is 5.82 Å². The fraction of sp³-hybridized carbons (Fsp3) is 0.500. The summed E-state index contributed by atoms with van der Waals surface area (Å²) in [7, 11) is 2.01. The van der Waals surface area contributed by atoms with Crippen LogP contribution in [0.15, 0.2) is 22.7 Å². The van der Waals surface area contributed by atoms with Crippen molar-refractivity contribution in [3.8, 4) is 0 Å². The molecule has 1 aliphatic rings. The molecule has 0 radical (unpaired) electrons. The van der Waals surface area contributed by atoms with E-state index in [1.807, 2.05) is 19.2 Å². The Hall–Kier alpha value is -0.450. The first-order valence-corrected chi connectivity index (χ1v) is 6.29. The standard InChI is InChI=1S/C12H16BrFN2/c1-16-6-2-3-11(15)12(16)9-5-4-8(13)7-10(9)14/h4-5,7,11-12H,2-3,6,15H2,1H3. The second kappa shape index (κ2) is 4.82. The fourth-order valence-electron chi connectivity index (χ4n) is 2.41. The number of nitrogens with two attached hydrogens (primary N) is 1. The van der Waals surface area contributed by atoms with Gasteiger partial charge in [0, 0.05) is 16.1 Å². The van der Waals surface area contributed by atoms with Crippen molar-refractivity contribution in [2.24, 2.45) is 5.73 Å². The SMILES string of the molecule is CN1CCCC(N)C1c1ccc(Br)cc1F. The first kappa shape index (κ1) is 12.0. The molecule has 2 unspecified atom stereocenters. The summed E-state index contributed by atoms with van der Waals surface area (Å²) >= 11 is 3.27. The number of benzene rings is 1. The normalized spacial score (nSPS) is 27.0. The molecule has 1 aromatic rings. The maximum Gasteiger partial charge on any atom is 0.129 e. The van der Waals surface area contributed by atoms with Gasteiger partial charge >= 0.3 is 0 Å². The van der Waals surface area contributed by atoms with Crippen molar-refractivity contribution >= 4 is 15.9 Å². The fourth-order valence-corrected chi connectivity index (χ4v) is 2.74.